The first-order chi connectivity index (χ1) is 17.1. The van der Waals surface area contributed by atoms with Crippen LogP contribution in [0.4, 0.5) is 0 Å². The number of benzene rings is 3. The SMILES string of the molecule is Cc1c(C(=O)NC(Cc2cccc(Cl)c2)C(=O)O)nn(-c2ccc(Cl)cc2Cl)c1-c1ccc(Cl)cc1. The van der Waals surface area contributed by atoms with Crippen LogP contribution in [0.15, 0.2) is 66.7 Å². The van der Waals surface area contributed by atoms with Crippen molar-refractivity contribution >= 4 is 58.3 Å². The van der Waals surface area contributed by atoms with Crippen molar-refractivity contribution in [3.05, 3.63) is 104 Å². The Morgan fingerprint density at radius 1 is 0.944 bits per heavy atom. The highest BCUT2D eigenvalue weighted by atomic mass is 35.5. The molecule has 10 heteroatoms. The molecule has 0 bridgehead atoms. The van der Waals surface area contributed by atoms with Gasteiger partial charge in [-0.25, -0.2) is 9.48 Å². The second-order valence-corrected chi connectivity index (χ2v) is 9.75. The van der Waals surface area contributed by atoms with Gasteiger partial charge in [0.05, 0.1) is 16.4 Å². The maximum absolute atomic E-state index is 13.3. The van der Waals surface area contributed by atoms with Crippen LogP contribution >= 0.6 is 46.4 Å². The smallest absolute Gasteiger partial charge is 0.326 e. The normalized spacial score (nSPS) is 11.8. The molecule has 184 valence electrons. The number of aliphatic carboxylic acids is 1. The molecule has 3 aromatic carbocycles. The van der Waals surface area contributed by atoms with Gasteiger partial charge in [0.25, 0.3) is 5.91 Å². The average Bonchev–Trinajstić information content (AvgIpc) is 3.16. The molecule has 0 aliphatic heterocycles. The van der Waals surface area contributed by atoms with Crippen LogP contribution in [-0.4, -0.2) is 32.8 Å². The molecule has 4 aromatic rings. The molecule has 0 spiro atoms. The Kier molecular flexibility index (Phi) is 7.91. The van der Waals surface area contributed by atoms with Gasteiger partial charge in [-0.15, -0.1) is 0 Å². The van der Waals surface area contributed by atoms with E-state index in [1.807, 2.05) is 0 Å². The summed E-state index contributed by atoms with van der Waals surface area (Å²) >= 11 is 24.6. The number of hydrogen-bond acceptors (Lipinski definition) is 3. The standard InChI is InChI=1S/C26H19Cl4N3O3/c1-14-23(25(34)31-21(26(35)36)12-15-3-2-4-18(28)11-15)32-33(22-10-9-19(29)13-20(22)30)24(14)16-5-7-17(27)8-6-16/h2-11,13,21H,12H2,1H3,(H,31,34)(H,35,36). The third-order valence-corrected chi connectivity index (χ3v) is 6.55. The number of aromatic nitrogens is 2. The number of amides is 1. The quantitative estimate of drug-likeness (QED) is 0.257. The lowest BCUT2D eigenvalue weighted by Gasteiger charge is -2.14. The Morgan fingerprint density at radius 3 is 2.25 bits per heavy atom. The fourth-order valence-electron chi connectivity index (χ4n) is 3.81. The minimum atomic E-state index is -1.20. The second-order valence-electron chi connectivity index (χ2n) is 8.03. The van der Waals surface area contributed by atoms with Gasteiger partial charge in [0.1, 0.15) is 6.04 Å². The number of carbonyl (C=O) groups excluding carboxylic acids is 1. The maximum Gasteiger partial charge on any atom is 0.326 e. The molecule has 4 rings (SSSR count). The molecule has 0 radical (unpaired) electrons. The Hall–Kier alpha value is -3.03. The van der Waals surface area contributed by atoms with Gasteiger partial charge < -0.3 is 10.4 Å². The number of carboxylic acid groups (broad SMARTS) is 1. The number of halogens is 4. The number of nitrogens with zero attached hydrogens (tertiary/aromatic N) is 2. The fraction of sp³-hybridized carbons (Fsp3) is 0.115. The summed E-state index contributed by atoms with van der Waals surface area (Å²) in [6.45, 7) is 1.74. The highest BCUT2D eigenvalue weighted by Gasteiger charge is 2.27. The summed E-state index contributed by atoms with van der Waals surface area (Å²) in [6, 6.07) is 17.6. The summed E-state index contributed by atoms with van der Waals surface area (Å²) in [5, 5.41) is 18.7. The number of carbonyl (C=O) groups is 2. The monoisotopic (exact) mass is 561 g/mol. The minimum Gasteiger partial charge on any atom is -0.480 e. The second kappa shape index (κ2) is 10.9. The molecule has 1 atom stereocenters. The van der Waals surface area contributed by atoms with Gasteiger partial charge in [-0.05, 0) is 55.0 Å². The van der Waals surface area contributed by atoms with Gasteiger partial charge in [-0.3, -0.25) is 4.79 Å². The van der Waals surface area contributed by atoms with Crippen LogP contribution in [0.2, 0.25) is 20.1 Å². The molecule has 1 heterocycles. The van der Waals surface area contributed by atoms with Crippen LogP contribution in [0, 0.1) is 6.92 Å². The van der Waals surface area contributed by atoms with Crippen LogP contribution in [-0.2, 0) is 11.2 Å². The molecule has 0 fully saturated rings. The lowest BCUT2D eigenvalue weighted by molar-refractivity contribution is -0.139. The molecular weight excluding hydrogens is 544 g/mol. The molecule has 36 heavy (non-hydrogen) atoms. The fourth-order valence-corrected chi connectivity index (χ4v) is 4.64. The van der Waals surface area contributed by atoms with Crippen molar-refractivity contribution in [3.8, 4) is 16.9 Å². The molecule has 1 amide bonds. The maximum atomic E-state index is 13.3. The van der Waals surface area contributed by atoms with Crippen molar-refractivity contribution in [1.82, 2.24) is 15.1 Å². The zero-order valence-electron chi connectivity index (χ0n) is 18.8. The highest BCUT2D eigenvalue weighted by Crippen LogP contribution is 2.33. The third kappa shape index (κ3) is 5.68. The zero-order valence-corrected chi connectivity index (χ0v) is 21.8. The number of nitrogens with one attached hydrogen (secondary N) is 1. The molecule has 1 aromatic heterocycles. The average molecular weight is 563 g/mol. The van der Waals surface area contributed by atoms with Gasteiger partial charge in [0, 0.05) is 32.6 Å². The summed E-state index contributed by atoms with van der Waals surface area (Å²) < 4.78 is 1.54. The summed E-state index contributed by atoms with van der Waals surface area (Å²) in [7, 11) is 0. The van der Waals surface area contributed by atoms with Crippen molar-refractivity contribution < 1.29 is 14.7 Å². The Morgan fingerprint density at radius 2 is 1.61 bits per heavy atom. The number of rotatable bonds is 7. The van der Waals surface area contributed by atoms with Gasteiger partial charge in [-0.1, -0.05) is 70.7 Å². The predicted molar refractivity (Wildman–Crippen MR) is 143 cm³/mol. The van der Waals surface area contributed by atoms with Crippen molar-refractivity contribution in [2.75, 3.05) is 0 Å². The number of carboxylic acids is 1. The van der Waals surface area contributed by atoms with Crippen molar-refractivity contribution in [2.24, 2.45) is 0 Å². The van der Waals surface area contributed by atoms with Crippen LogP contribution in [0.3, 0.4) is 0 Å². The van der Waals surface area contributed by atoms with Crippen LogP contribution in [0.5, 0.6) is 0 Å². The Bertz CT molecular complexity index is 1450. The topological polar surface area (TPSA) is 84.2 Å². The van der Waals surface area contributed by atoms with E-state index < -0.39 is 17.9 Å². The first-order valence-electron chi connectivity index (χ1n) is 10.7. The van der Waals surface area contributed by atoms with E-state index in [2.05, 4.69) is 10.4 Å². The van der Waals surface area contributed by atoms with Crippen molar-refractivity contribution in [3.63, 3.8) is 0 Å². The van der Waals surface area contributed by atoms with Gasteiger partial charge in [0.2, 0.25) is 0 Å². The molecular formula is C26H19Cl4N3O3. The molecule has 6 nitrogen and oxygen atoms in total. The van der Waals surface area contributed by atoms with E-state index in [0.717, 1.165) is 5.56 Å². The third-order valence-electron chi connectivity index (χ3n) is 5.53. The zero-order chi connectivity index (χ0) is 26.0. The van der Waals surface area contributed by atoms with E-state index in [0.29, 0.717) is 42.6 Å². The molecule has 0 saturated heterocycles. The predicted octanol–water partition coefficient (Wildman–Crippen LogP) is 6.89. The first kappa shape index (κ1) is 26.0. The summed E-state index contributed by atoms with van der Waals surface area (Å²) in [5.41, 5.74) is 3.11. The van der Waals surface area contributed by atoms with E-state index in [4.69, 9.17) is 46.4 Å². The minimum absolute atomic E-state index is 0.0500. The molecule has 1 unspecified atom stereocenters. The highest BCUT2D eigenvalue weighted by molar-refractivity contribution is 6.35. The van der Waals surface area contributed by atoms with Crippen LogP contribution in [0.25, 0.3) is 16.9 Å². The molecule has 2 N–H and O–H groups in total. The van der Waals surface area contributed by atoms with E-state index in [1.54, 1.807) is 78.3 Å². The first-order valence-corrected chi connectivity index (χ1v) is 12.2. The van der Waals surface area contributed by atoms with E-state index in [9.17, 15) is 14.7 Å². The summed E-state index contributed by atoms with van der Waals surface area (Å²) in [5.74, 6) is -1.82. The lowest BCUT2D eigenvalue weighted by Crippen LogP contribution is -2.42. The number of hydrogen-bond donors (Lipinski definition) is 2. The Balaban J connectivity index is 1.75. The molecule has 0 aliphatic rings. The summed E-state index contributed by atoms with van der Waals surface area (Å²) in [4.78, 5) is 25.3. The van der Waals surface area contributed by atoms with Gasteiger partial charge >= 0.3 is 5.97 Å². The van der Waals surface area contributed by atoms with E-state index in [-0.39, 0.29) is 12.1 Å². The van der Waals surface area contributed by atoms with E-state index >= 15 is 0 Å². The molecule has 0 aliphatic carbocycles. The van der Waals surface area contributed by atoms with Crippen molar-refractivity contribution in [1.29, 1.82) is 0 Å². The van der Waals surface area contributed by atoms with Crippen LogP contribution in [0.1, 0.15) is 21.6 Å². The van der Waals surface area contributed by atoms with E-state index in [1.165, 1.54) is 0 Å². The van der Waals surface area contributed by atoms with Crippen molar-refractivity contribution in [2.45, 2.75) is 19.4 Å². The molecule has 0 saturated carbocycles. The Labute approximate surface area is 227 Å². The van der Waals surface area contributed by atoms with Crippen LogP contribution < -0.4 is 5.32 Å². The largest absolute Gasteiger partial charge is 0.480 e. The van der Waals surface area contributed by atoms with Gasteiger partial charge in [-0.2, -0.15) is 5.10 Å². The van der Waals surface area contributed by atoms with Gasteiger partial charge in [0.15, 0.2) is 5.69 Å². The summed E-state index contributed by atoms with van der Waals surface area (Å²) in [6.07, 6.45) is 0.0500. The lowest BCUT2D eigenvalue weighted by atomic mass is 10.0.